The molecule has 0 saturated heterocycles. The first-order chi connectivity index (χ1) is 11.8. The van der Waals surface area contributed by atoms with E-state index in [9.17, 15) is 14.7 Å². The van der Waals surface area contributed by atoms with Gasteiger partial charge in [0.05, 0.1) is 24.7 Å². The number of methoxy groups -OCH3 is 1. The van der Waals surface area contributed by atoms with Gasteiger partial charge in [0.15, 0.2) is 11.5 Å². The molecule has 0 heterocycles. The van der Waals surface area contributed by atoms with Crippen molar-refractivity contribution in [3.05, 3.63) is 22.7 Å². The molecule has 0 aromatic heterocycles. The van der Waals surface area contributed by atoms with E-state index in [2.05, 4.69) is 5.32 Å². The van der Waals surface area contributed by atoms with Crippen molar-refractivity contribution < 1.29 is 24.2 Å². The minimum Gasteiger partial charge on any atom is -0.493 e. The Labute approximate surface area is 152 Å². The topological polar surface area (TPSA) is 84.9 Å². The van der Waals surface area contributed by atoms with E-state index < -0.39 is 11.9 Å². The van der Waals surface area contributed by atoms with E-state index in [1.165, 1.54) is 13.2 Å². The van der Waals surface area contributed by atoms with Gasteiger partial charge < -0.3 is 19.9 Å². The van der Waals surface area contributed by atoms with Crippen molar-refractivity contribution in [3.63, 3.8) is 0 Å². The van der Waals surface area contributed by atoms with Gasteiger partial charge in [-0.1, -0.05) is 31.9 Å². The van der Waals surface area contributed by atoms with Crippen molar-refractivity contribution in [3.8, 4) is 11.5 Å². The summed E-state index contributed by atoms with van der Waals surface area (Å²) in [6.07, 6.45) is 2.02. The highest BCUT2D eigenvalue weighted by molar-refractivity contribution is 6.32. The summed E-state index contributed by atoms with van der Waals surface area (Å²) in [6.45, 7) is 4.51. The van der Waals surface area contributed by atoms with Crippen LogP contribution in [0.2, 0.25) is 5.02 Å². The van der Waals surface area contributed by atoms with Gasteiger partial charge in [-0.05, 0) is 30.9 Å². The zero-order valence-electron chi connectivity index (χ0n) is 14.7. The molecular weight excluding hydrogens is 346 g/mol. The van der Waals surface area contributed by atoms with Crippen molar-refractivity contribution >= 4 is 23.5 Å². The van der Waals surface area contributed by atoms with Gasteiger partial charge in [0.2, 0.25) is 0 Å². The molecular formula is C18H24ClNO5. The van der Waals surface area contributed by atoms with Crippen molar-refractivity contribution in [2.45, 2.75) is 39.2 Å². The molecule has 1 aromatic carbocycles. The standard InChI is InChI=1S/C18H24ClNO5/c1-10(2)9-25-16-13(19)7-11(8-15(16)24-3)17(21)20-14-6-4-5-12(14)18(22)23/h7-8,10,12,14H,4-6,9H2,1-3H3,(H,20,21)(H,22,23)/t12-,14+/m0/s1. The van der Waals surface area contributed by atoms with Crippen LogP contribution < -0.4 is 14.8 Å². The molecule has 2 rings (SSSR count). The number of carbonyl (C=O) groups excluding carboxylic acids is 1. The first kappa shape index (κ1) is 19.4. The highest BCUT2D eigenvalue weighted by Crippen LogP contribution is 2.37. The number of carboxylic acids is 1. The monoisotopic (exact) mass is 369 g/mol. The maximum Gasteiger partial charge on any atom is 0.308 e. The molecule has 6 nitrogen and oxygen atoms in total. The Balaban J connectivity index is 2.17. The summed E-state index contributed by atoms with van der Waals surface area (Å²) in [5, 5.41) is 12.3. The van der Waals surface area contributed by atoms with Crippen LogP contribution in [0.15, 0.2) is 12.1 Å². The zero-order chi connectivity index (χ0) is 18.6. The quantitative estimate of drug-likeness (QED) is 0.769. The van der Waals surface area contributed by atoms with E-state index in [1.807, 2.05) is 13.8 Å². The Morgan fingerprint density at radius 2 is 2.08 bits per heavy atom. The van der Waals surface area contributed by atoms with Gasteiger partial charge in [-0.2, -0.15) is 0 Å². The lowest BCUT2D eigenvalue weighted by Crippen LogP contribution is -2.40. The predicted molar refractivity (Wildman–Crippen MR) is 94.6 cm³/mol. The van der Waals surface area contributed by atoms with Crippen molar-refractivity contribution in [2.24, 2.45) is 11.8 Å². The number of halogens is 1. The van der Waals surface area contributed by atoms with Crippen molar-refractivity contribution in [2.75, 3.05) is 13.7 Å². The van der Waals surface area contributed by atoms with Crippen molar-refractivity contribution in [1.29, 1.82) is 0 Å². The fraction of sp³-hybridized carbons (Fsp3) is 0.556. The summed E-state index contributed by atoms with van der Waals surface area (Å²) in [5.74, 6) is -0.697. The molecule has 0 bridgehead atoms. The van der Waals surface area contributed by atoms with Gasteiger partial charge in [0.1, 0.15) is 0 Å². The SMILES string of the molecule is COc1cc(C(=O)N[C@@H]2CCC[C@@H]2C(=O)O)cc(Cl)c1OCC(C)C. The second-order valence-corrected chi connectivity index (χ2v) is 7.06. The van der Waals surface area contributed by atoms with Crippen LogP contribution in [-0.4, -0.2) is 36.7 Å². The van der Waals surface area contributed by atoms with Crippen LogP contribution in [0.3, 0.4) is 0 Å². The molecule has 1 fully saturated rings. The zero-order valence-corrected chi connectivity index (χ0v) is 15.4. The van der Waals surface area contributed by atoms with Gasteiger partial charge in [0.25, 0.3) is 5.91 Å². The number of hydrogen-bond acceptors (Lipinski definition) is 4. The average molecular weight is 370 g/mol. The number of benzene rings is 1. The van der Waals surface area contributed by atoms with E-state index in [1.54, 1.807) is 6.07 Å². The molecule has 0 radical (unpaired) electrons. The maximum atomic E-state index is 12.5. The van der Waals surface area contributed by atoms with E-state index >= 15 is 0 Å². The van der Waals surface area contributed by atoms with E-state index in [-0.39, 0.29) is 17.0 Å². The molecule has 0 spiro atoms. The fourth-order valence-corrected chi connectivity index (χ4v) is 3.19. The first-order valence-electron chi connectivity index (χ1n) is 8.37. The molecule has 138 valence electrons. The first-order valence-corrected chi connectivity index (χ1v) is 8.75. The van der Waals surface area contributed by atoms with Gasteiger partial charge >= 0.3 is 5.97 Å². The normalized spacial score (nSPS) is 19.7. The van der Waals surface area contributed by atoms with E-state index in [0.29, 0.717) is 42.4 Å². The fourth-order valence-electron chi connectivity index (χ4n) is 2.92. The molecule has 0 unspecified atom stereocenters. The Hall–Kier alpha value is -1.95. The minimum atomic E-state index is -0.879. The maximum absolute atomic E-state index is 12.5. The third-order valence-corrected chi connectivity index (χ3v) is 4.48. The molecule has 2 atom stereocenters. The number of nitrogens with one attached hydrogen (secondary N) is 1. The molecule has 0 aliphatic heterocycles. The highest BCUT2D eigenvalue weighted by Gasteiger charge is 2.34. The summed E-state index contributed by atoms with van der Waals surface area (Å²) in [6, 6.07) is 2.70. The number of hydrogen-bond donors (Lipinski definition) is 2. The lowest BCUT2D eigenvalue weighted by Gasteiger charge is -2.19. The summed E-state index contributed by atoms with van der Waals surface area (Å²) in [7, 11) is 1.48. The molecule has 1 amide bonds. The van der Waals surface area contributed by atoms with Crippen molar-refractivity contribution in [1.82, 2.24) is 5.32 Å². The summed E-state index contributed by atoms with van der Waals surface area (Å²) in [5.41, 5.74) is 0.315. The summed E-state index contributed by atoms with van der Waals surface area (Å²) >= 11 is 6.26. The molecule has 1 aromatic rings. The van der Waals surface area contributed by atoms with Crippen LogP contribution in [0.25, 0.3) is 0 Å². The van der Waals surface area contributed by atoms with Crippen LogP contribution in [0.5, 0.6) is 11.5 Å². The molecule has 1 saturated carbocycles. The predicted octanol–water partition coefficient (Wildman–Crippen LogP) is 3.37. The lowest BCUT2D eigenvalue weighted by atomic mass is 10.0. The largest absolute Gasteiger partial charge is 0.493 e. The third-order valence-electron chi connectivity index (χ3n) is 4.20. The molecule has 25 heavy (non-hydrogen) atoms. The molecule has 1 aliphatic carbocycles. The van der Waals surface area contributed by atoms with Crippen LogP contribution in [0.4, 0.5) is 0 Å². The van der Waals surface area contributed by atoms with E-state index in [4.69, 9.17) is 21.1 Å². The second-order valence-electron chi connectivity index (χ2n) is 6.65. The summed E-state index contributed by atoms with van der Waals surface area (Å²) in [4.78, 5) is 23.8. The van der Waals surface area contributed by atoms with E-state index in [0.717, 1.165) is 6.42 Å². The van der Waals surface area contributed by atoms with Gasteiger partial charge in [-0.3, -0.25) is 9.59 Å². The minimum absolute atomic E-state index is 0.284. The highest BCUT2D eigenvalue weighted by atomic mass is 35.5. The smallest absolute Gasteiger partial charge is 0.308 e. The Morgan fingerprint density at radius 1 is 1.36 bits per heavy atom. The number of ether oxygens (including phenoxy) is 2. The molecule has 7 heteroatoms. The van der Waals surface area contributed by atoms with Crippen LogP contribution in [0.1, 0.15) is 43.5 Å². The van der Waals surface area contributed by atoms with Gasteiger partial charge in [0, 0.05) is 11.6 Å². The second kappa shape index (κ2) is 8.43. The van der Waals surface area contributed by atoms with Gasteiger partial charge in [-0.25, -0.2) is 0 Å². The van der Waals surface area contributed by atoms with Crippen LogP contribution in [0, 0.1) is 11.8 Å². The summed E-state index contributed by atoms with van der Waals surface area (Å²) < 4.78 is 11.0. The number of aliphatic carboxylic acids is 1. The van der Waals surface area contributed by atoms with Gasteiger partial charge in [-0.15, -0.1) is 0 Å². The number of rotatable bonds is 7. The Morgan fingerprint density at radius 3 is 2.68 bits per heavy atom. The Kier molecular flexibility index (Phi) is 6.53. The molecule has 2 N–H and O–H groups in total. The molecule has 1 aliphatic rings. The lowest BCUT2D eigenvalue weighted by molar-refractivity contribution is -0.142. The number of amides is 1. The van der Waals surface area contributed by atoms with Crippen LogP contribution >= 0.6 is 11.6 Å². The average Bonchev–Trinajstić information content (AvgIpc) is 3.01. The third kappa shape index (κ3) is 4.78. The van der Waals surface area contributed by atoms with Crippen LogP contribution in [-0.2, 0) is 4.79 Å². The Bertz CT molecular complexity index is 647. The number of carbonyl (C=O) groups is 2. The number of carboxylic acid groups (broad SMARTS) is 1.